The molecule has 4 N–H and O–H groups in total. The van der Waals surface area contributed by atoms with Crippen LogP contribution in [0.1, 0.15) is 25.8 Å². The molecule has 1 aromatic rings. The van der Waals surface area contributed by atoms with Gasteiger partial charge in [0.2, 0.25) is 0 Å². The fourth-order valence-electron chi connectivity index (χ4n) is 1.95. The molecular formula is C14H20Cl2N2. The maximum absolute atomic E-state index is 5.97. The Labute approximate surface area is 121 Å². The second-order valence-electron chi connectivity index (χ2n) is 5.00. The van der Waals surface area contributed by atoms with E-state index in [-0.39, 0.29) is 30.2 Å². The highest BCUT2D eigenvalue weighted by molar-refractivity contribution is 5.85. The smallest absolute Gasteiger partial charge is 0.0314 e. The van der Waals surface area contributed by atoms with E-state index in [9.17, 15) is 0 Å². The molecule has 1 aliphatic rings. The molecule has 0 unspecified atom stereocenters. The van der Waals surface area contributed by atoms with E-state index < -0.39 is 0 Å². The number of rotatable bonds is 1. The van der Waals surface area contributed by atoms with Crippen LogP contribution >= 0.6 is 24.8 Å². The second-order valence-corrected chi connectivity index (χ2v) is 5.00. The van der Waals surface area contributed by atoms with Gasteiger partial charge in [-0.3, -0.25) is 0 Å². The molecule has 4 heteroatoms. The molecule has 0 fully saturated rings. The van der Waals surface area contributed by atoms with Crippen LogP contribution in [0.5, 0.6) is 0 Å². The topological polar surface area (TPSA) is 52.0 Å². The Kier molecular flexibility index (Phi) is 5.78. The van der Waals surface area contributed by atoms with Crippen molar-refractivity contribution in [1.82, 2.24) is 0 Å². The molecule has 0 atom stereocenters. The second kappa shape index (κ2) is 6.17. The number of benzene rings is 1. The van der Waals surface area contributed by atoms with Gasteiger partial charge in [-0.2, -0.15) is 0 Å². The average molecular weight is 287 g/mol. The first kappa shape index (κ1) is 16.9. The van der Waals surface area contributed by atoms with Gasteiger partial charge in [-0.05, 0) is 35.8 Å². The van der Waals surface area contributed by atoms with Crippen LogP contribution < -0.4 is 11.5 Å². The predicted molar refractivity (Wildman–Crippen MR) is 84.0 cm³/mol. The summed E-state index contributed by atoms with van der Waals surface area (Å²) in [6.45, 7) is 4.34. The molecule has 1 aromatic carbocycles. The van der Waals surface area contributed by atoms with Crippen molar-refractivity contribution in [1.29, 1.82) is 0 Å². The van der Waals surface area contributed by atoms with Crippen LogP contribution in [-0.2, 0) is 0 Å². The van der Waals surface area contributed by atoms with Gasteiger partial charge in [0.15, 0.2) is 0 Å². The molecule has 0 heterocycles. The van der Waals surface area contributed by atoms with Gasteiger partial charge in [-0.15, -0.1) is 24.8 Å². The van der Waals surface area contributed by atoms with Crippen molar-refractivity contribution in [3.8, 4) is 0 Å². The van der Waals surface area contributed by atoms with Gasteiger partial charge in [-0.25, -0.2) is 0 Å². The Morgan fingerprint density at radius 1 is 0.944 bits per heavy atom. The fourth-order valence-corrected chi connectivity index (χ4v) is 1.95. The number of halogens is 2. The van der Waals surface area contributed by atoms with E-state index in [1.165, 1.54) is 11.1 Å². The Bertz CT molecular complexity index is 459. The highest BCUT2D eigenvalue weighted by Crippen LogP contribution is 2.38. The van der Waals surface area contributed by atoms with Crippen LogP contribution in [0.25, 0.3) is 5.57 Å². The number of nitrogen functional groups attached to an aromatic ring is 1. The minimum absolute atomic E-state index is 0. The van der Waals surface area contributed by atoms with Crippen LogP contribution in [0.3, 0.4) is 0 Å². The monoisotopic (exact) mass is 286 g/mol. The molecule has 2 nitrogen and oxygen atoms in total. The number of hydrogen-bond donors (Lipinski definition) is 2. The van der Waals surface area contributed by atoms with E-state index in [4.69, 9.17) is 11.5 Å². The van der Waals surface area contributed by atoms with Gasteiger partial charge in [0, 0.05) is 16.8 Å². The molecule has 0 aromatic heterocycles. The Balaban J connectivity index is 0.00000144. The summed E-state index contributed by atoms with van der Waals surface area (Å²) in [5, 5.41) is 0. The lowest BCUT2D eigenvalue weighted by molar-refractivity contribution is 0.450. The molecule has 0 bridgehead atoms. The van der Waals surface area contributed by atoms with E-state index >= 15 is 0 Å². The average Bonchev–Trinajstić information content (AvgIpc) is 2.23. The summed E-state index contributed by atoms with van der Waals surface area (Å²) in [7, 11) is 0. The molecule has 100 valence electrons. The SMILES string of the molecule is CC1(C)CC(c2ccc(N)cc2)=CC=C1N.Cl.Cl. The highest BCUT2D eigenvalue weighted by atomic mass is 35.5. The van der Waals surface area contributed by atoms with Crippen LogP contribution in [0.15, 0.2) is 42.1 Å². The quantitative estimate of drug-likeness (QED) is 0.772. The number of allylic oxidation sites excluding steroid dienone is 4. The van der Waals surface area contributed by atoms with Crippen molar-refractivity contribution in [2.75, 3.05) is 5.73 Å². The third-order valence-corrected chi connectivity index (χ3v) is 3.16. The van der Waals surface area contributed by atoms with Crippen molar-refractivity contribution in [2.45, 2.75) is 20.3 Å². The maximum Gasteiger partial charge on any atom is 0.0314 e. The molecular weight excluding hydrogens is 267 g/mol. The molecule has 2 rings (SSSR count). The summed E-state index contributed by atoms with van der Waals surface area (Å²) in [5.41, 5.74) is 16.0. The summed E-state index contributed by atoms with van der Waals surface area (Å²) < 4.78 is 0. The molecule has 0 aliphatic heterocycles. The lowest BCUT2D eigenvalue weighted by Gasteiger charge is -2.29. The number of anilines is 1. The molecule has 0 saturated heterocycles. The van der Waals surface area contributed by atoms with Crippen molar-refractivity contribution >= 4 is 36.1 Å². The molecule has 0 amide bonds. The molecule has 1 aliphatic carbocycles. The lowest BCUT2D eigenvalue weighted by Crippen LogP contribution is -2.23. The molecule has 0 saturated carbocycles. The van der Waals surface area contributed by atoms with Gasteiger partial charge in [0.25, 0.3) is 0 Å². The van der Waals surface area contributed by atoms with Crippen molar-refractivity contribution in [2.24, 2.45) is 11.1 Å². The molecule has 0 radical (unpaired) electrons. The Hall–Kier alpha value is -1.12. The zero-order valence-electron chi connectivity index (χ0n) is 10.6. The highest BCUT2D eigenvalue weighted by Gasteiger charge is 2.25. The fraction of sp³-hybridized carbons (Fsp3) is 0.286. The minimum Gasteiger partial charge on any atom is -0.402 e. The number of nitrogens with two attached hydrogens (primary N) is 2. The minimum atomic E-state index is 0. The lowest BCUT2D eigenvalue weighted by atomic mass is 9.77. The van der Waals surface area contributed by atoms with E-state index in [1.807, 2.05) is 18.2 Å². The van der Waals surface area contributed by atoms with Crippen molar-refractivity contribution in [3.63, 3.8) is 0 Å². The van der Waals surface area contributed by atoms with E-state index in [0.717, 1.165) is 17.8 Å². The zero-order valence-corrected chi connectivity index (χ0v) is 12.3. The van der Waals surface area contributed by atoms with E-state index in [2.05, 4.69) is 32.1 Å². The third-order valence-electron chi connectivity index (χ3n) is 3.16. The van der Waals surface area contributed by atoms with Crippen molar-refractivity contribution in [3.05, 3.63) is 47.7 Å². The zero-order chi connectivity index (χ0) is 11.8. The van der Waals surface area contributed by atoms with Gasteiger partial charge in [0.1, 0.15) is 0 Å². The van der Waals surface area contributed by atoms with Crippen molar-refractivity contribution < 1.29 is 0 Å². The standard InChI is InChI=1S/C14H18N2.2ClH/c1-14(2)9-11(5-8-13(14)16)10-3-6-12(15)7-4-10;;/h3-8H,9,15-16H2,1-2H3;2*1H. The molecule has 0 spiro atoms. The van der Waals surface area contributed by atoms with Gasteiger partial charge in [-0.1, -0.05) is 32.1 Å². The summed E-state index contributed by atoms with van der Waals surface area (Å²) in [6.07, 6.45) is 5.08. The molecule has 18 heavy (non-hydrogen) atoms. The van der Waals surface area contributed by atoms with E-state index in [0.29, 0.717) is 0 Å². The van der Waals surface area contributed by atoms with E-state index in [1.54, 1.807) is 0 Å². The Morgan fingerprint density at radius 3 is 2.00 bits per heavy atom. The maximum atomic E-state index is 5.97. The summed E-state index contributed by atoms with van der Waals surface area (Å²) >= 11 is 0. The number of hydrogen-bond acceptors (Lipinski definition) is 2. The summed E-state index contributed by atoms with van der Waals surface area (Å²) in [5.74, 6) is 0. The first-order valence-corrected chi connectivity index (χ1v) is 5.52. The Morgan fingerprint density at radius 2 is 1.50 bits per heavy atom. The van der Waals surface area contributed by atoms with Crippen LogP contribution in [0.2, 0.25) is 0 Å². The van der Waals surface area contributed by atoms with Crippen LogP contribution in [-0.4, -0.2) is 0 Å². The largest absolute Gasteiger partial charge is 0.402 e. The van der Waals surface area contributed by atoms with Crippen LogP contribution in [0.4, 0.5) is 5.69 Å². The first-order valence-electron chi connectivity index (χ1n) is 5.52. The van der Waals surface area contributed by atoms with Crippen LogP contribution in [0, 0.1) is 5.41 Å². The summed E-state index contributed by atoms with van der Waals surface area (Å²) in [4.78, 5) is 0. The normalized spacial score (nSPS) is 16.8. The van der Waals surface area contributed by atoms with Gasteiger partial charge >= 0.3 is 0 Å². The predicted octanol–water partition coefficient (Wildman–Crippen LogP) is 3.77. The van der Waals surface area contributed by atoms with Gasteiger partial charge < -0.3 is 11.5 Å². The first-order chi connectivity index (χ1) is 7.49. The third kappa shape index (κ3) is 3.44. The summed E-state index contributed by atoms with van der Waals surface area (Å²) in [6, 6.07) is 7.99. The van der Waals surface area contributed by atoms with Gasteiger partial charge in [0.05, 0.1) is 0 Å².